The van der Waals surface area contributed by atoms with Gasteiger partial charge < -0.3 is 10.2 Å². The van der Waals surface area contributed by atoms with Crippen molar-refractivity contribution in [2.24, 2.45) is 0 Å². The van der Waals surface area contributed by atoms with Crippen molar-refractivity contribution >= 4 is 15.9 Å². The SMILES string of the molecule is CC(CN1CCCC1)NC1CC(c2ccccc2Br)C1. The summed E-state index contributed by atoms with van der Waals surface area (Å²) in [5.74, 6) is 0.738. The second-order valence-electron chi connectivity index (χ2n) is 6.46. The lowest BCUT2D eigenvalue weighted by atomic mass is 9.75. The van der Waals surface area contributed by atoms with Crippen LogP contribution in [0.15, 0.2) is 28.7 Å². The zero-order valence-corrected chi connectivity index (χ0v) is 13.9. The summed E-state index contributed by atoms with van der Waals surface area (Å²) in [6, 6.07) is 10.0. The van der Waals surface area contributed by atoms with Gasteiger partial charge in [0.2, 0.25) is 0 Å². The van der Waals surface area contributed by atoms with E-state index in [9.17, 15) is 0 Å². The molecule has 3 rings (SSSR count). The van der Waals surface area contributed by atoms with Gasteiger partial charge in [-0.2, -0.15) is 0 Å². The zero-order valence-electron chi connectivity index (χ0n) is 12.3. The Labute approximate surface area is 131 Å². The summed E-state index contributed by atoms with van der Waals surface area (Å²) >= 11 is 3.67. The minimum absolute atomic E-state index is 0.623. The molecule has 20 heavy (non-hydrogen) atoms. The Hall–Kier alpha value is -0.380. The molecular weight excluding hydrogens is 312 g/mol. The maximum atomic E-state index is 3.81. The lowest BCUT2D eigenvalue weighted by Crippen LogP contribution is -2.48. The molecule has 0 radical (unpaired) electrons. The number of benzene rings is 1. The maximum Gasteiger partial charge on any atom is 0.0210 e. The van der Waals surface area contributed by atoms with Gasteiger partial charge in [-0.25, -0.2) is 0 Å². The molecule has 110 valence electrons. The number of hydrogen-bond acceptors (Lipinski definition) is 2. The van der Waals surface area contributed by atoms with Crippen LogP contribution in [0.3, 0.4) is 0 Å². The van der Waals surface area contributed by atoms with Gasteiger partial charge in [-0.1, -0.05) is 34.1 Å². The minimum atomic E-state index is 0.623. The Morgan fingerprint density at radius 3 is 2.65 bits per heavy atom. The van der Waals surface area contributed by atoms with Gasteiger partial charge in [-0.15, -0.1) is 0 Å². The van der Waals surface area contributed by atoms with Crippen LogP contribution in [0.5, 0.6) is 0 Å². The van der Waals surface area contributed by atoms with Gasteiger partial charge in [0.15, 0.2) is 0 Å². The lowest BCUT2D eigenvalue weighted by Gasteiger charge is -2.39. The van der Waals surface area contributed by atoms with Gasteiger partial charge in [0, 0.05) is 23.1 Å². The minimum Gasteiger partial charge on any atom is -0.310 e. The maximum absolute atomic E-state index is 3.81. The highest BCUT2D eigenvalue weighted by Gasteiger charge is 2.32. The number of halogens is 1. The van der Waals surface area contributed by atoms with E-state index in [-0.39, 0.29) is 0 Å². The van der Waals surface area contributed by atoms with Crippen LogP contribution in [0.1, 0.15) is 44.1 Å². The van der Waals surface area contributed by atoms with Crippen LogP contribution in [0, 0.1) is 0 Å². The third-order valence-electron chi connectivity index (χ3n) is 4.73. The van der Waals surface area contributed by atoms with Crippen LogP contribution in [0.25, 0.3) is 0 Å². The smallest absolute Gasteiger partial charge is 0.0210 e. The van der Waals surface area contributed by atoms with Gasteiger partial charge in [0.25, 0.3) is 0 Å². The van der Waals surface area contributed by atoms with E-state index in [1.807, 2.05) is 0 Å². The van der Waals surface area contributed by atoms with Crippen molar-refractivity contribution < 1.29 is 0 Å². The molecule has 1 aliphatic heterocycles. The normalized spacial score (nSPS) is 28.3. The number of rotatable bonds is 5. The quantitative estimate of drug-likeness (QED) is 0.880. The molecule has 1 aromatic carbocycles. The first-order valence-corrected chi connectivity index (χ1v) is 8.74. The van der Waals surface area contributed by atoms with Crippen LogP contribution in [0.4, 0.5) is 0 Å². The predicted octanol–water partition coefficient (Wildman–Crippen LogP) is 3.77. The fourth-order valence-corrected chi connectivity index (χ4v) is 4.23. The molecule has 1 heterocycles. The van der Waals surface area contributed by atoms with Crippen molar-refractivity contribution in [2.45, 2.75) is 50.6 Å². The van der Waals surface area contributed by atoms with Gasteiger partial charge in [-0.05, 0) is 63.2 Å². The first kappa shape index (κ1) is 14.6. The number of nitrogens with one attached hydrogen (secondary N) is 1. The van der Waals surface area contributed by atoms with Gasteiger partial charge in [0.05, 0.1) is 0 Å². The van der Waals surface area contributed by atoms with Crippen LogP contribution >= 0.6 is 15.9 Å². The molecule has 0 spiro atoms. The Bertz CT molecular complexity index is 436. The largest absolute Gasteiger partial charge is 0.310 e. The lowest BCUT2D eigenvalue weighted by molar-refractivity contribution is 0.231. The second-order valence-corrected chi connectivity index (χ2v) is 7.32. The Kier molecular flexibility index (Phi) is 4.79. The van der Waals surface area contributed by atoms with Gasteiger partial charge in [0.1, 0.15) is 0 Å². The molecule has 0 bridgehead atoms. The molecule has 1 aliphatic carbocycles. The second kappa shape index (κ2) is 6.59. The fourth-order valence-electron chi connectivity index (χ4n) is 3.62. The summed E-state index contributed by atoms with van der Waals surface area (Å²) in [7, 11) is 0. The molecule has 0 amide bonds. The first-order valence-electron chi connectivity index (χ1n) is 7.95. The molecule has 1 aromatic rings. The highest BCUT2D eigenvalue weighted by Crippen LogP contribution is 2.40. The van der Waals surface area contributed by atoms with E-state index >= 15 is 0 Å². The summed E-state index contributed by atoms with van der Waals surface area (Å²) < 4.78 is 1.27. The molecule has 1 unspecified atom stereocenters. The van der Waals surface area contributed by atoms with E-state index in [1.54, 1.807) is 0 Å². The summed E-state index contributed by atoms with van der Waals surface area (Å²) in [6.07, 6.45) is 5.35. The molecule has 2 fully saturated rings. The van der Waals surface area contributed by atoms with E-state index in [0.29, 0.717) is 12.1 Å². The Balaban J connectivity index is 1.42. The fraction of sp³-hybridized carbons (Fsp3) is 0.647. The van der Waals surface area contributed by atoms with E-state index < -0.39 is 0 Å². The average Bonchev–Trinajstić information content (AvgIpc) is 2.87. The van der Waals surface area contributed by atoms with Gasteiger partial charge >= 0.3 is 0 Å². The van der Waals surface area contributed by atoms with Crippen molar-refractivity contribution in [3.63, 3.8) is 0 Å². The number of hydrogen-bond donors (Lipinski definition) is 1. The molecule has 1 saturated carbocycles. The Morgan fingerprint density at radius 1 is 1.25 bits per heavy atom. The van der Waals surface area contributed by atoms with Crippen LogP contribution < -0.4 is 5.32 Å². The molecule has 3 heteroatoms. The first-order chi connectivity index (χ1) is 9.72. The van der Waals surface area contributed by atoms with E-state index in [4.69, 9.17) is 0 Å². The predicted molar refractivity (Wildman–Crippen MR) is 88.2 cm³/mol. The van der Waals surface area contributed by atoms with Crippen molar-refractivity contribution in [1.82, 2.24) is 10.2 Å². The Morgan fingerprint density at radius 2 is 1.95 bits per heavy atom. The topological polar surface area (TPSA) is 15.3 Å². The van der Waals surface area contributed by atoms with E-state index in [1.165, 1.54) is 55.4 Å². The van der Waals surface area contributed by atoms with E-state index in [2.05, 4.69) is 57.3 Å². The molecular formula is C17H25BrN2. The van der Waals surface area contributed by atoms with Crippen LogP contribution in [-0.2, 0) is 0 Å². The highest BCUT2D eigenvalue weighted by molar-refractivity contribution is 9.10. The molecule has 1 N–H and O–H groups in total. The number of nitrogens with zero attached hydrogens (tertiary/aromatic N) is 1. The average molecular weight is 337 g/mol. The van der Waals surface area contributed by atoms with Crippen molar-refractivity contribution in [3.8, 4) is 0 Å². The zero-order chi connectivity index (χ0) is 13.9. The summed E-state index contributed by atoms with van der Waals surface area (Å²) in [6.45, 7) is 6.16. The van der Waals surface area contributed by atoms with E-state index in [0.717, 1.165) is 5.92 Å². The third kappa shape index (κ3) is 3.44. The third-order valence-corrected chi connectivity index (χ3v) is 5.46. The molecule has 2 nitrogen and oxygen atoms in total. The van der Waals surface area contributed by atoms with Crippen LogP contribution in [0.2, 0.25) is 0 Å². The standard InChI is InChI=1S/C17H25BrN2/c1-13(12-20-8-4-5-9-20)19-15-10-14(11-15)16-6-2-3-7-17(16)18/h2-3,6-7,13-15,19H,4-5,8-12H2,1H3. The molecule has 1 atom stereocenters. The monoisotopic (exact) mass is 336 g/mol. The molecule has 1 saturated heterocycles. The summed E-state index contributed by atoms with van der Waals surface area (Å²) in [4.78, 5) is 2.60. The highest BCUT2D eigenvalue weighted by atomic mass is 79.9. The van der Waals surface area contributed by atoms with Crippen molar-refractivity contribution in [2.75, 3.05) is 19.6 Å². The molecule has 0 aromatic heterocycles. The summed E-state index contributed by atoms with van der Waals surface area (Å²) in [5, 5.41) is 3.81. The summed E-state index contributed by atoms with van der Waals surface area (Å²) in [5.41, 5.74) is 1.48. The van der Waals surface area contributed by atoms with Crippen molar-refractivity contribution in [3.05, 3.63) is 34.3 Å². The van der Waals surface area contributed by atoms with Crippen molar-refractivity contribution in [1.29, 1.82) is 0 Å². The van der Waals surface area contributed by atoms with Gasteiger partial charge in [-0.3, -0.25) is 0 Å². The van der Waals surface area contributed by atoms with Crippen LogP contribution in [-0.4, -0.2) is 36.6 Å². The molecule has 2 aliphatic rings. The number of likely N-dealkylation sites (tertiary alicyclic amines) is 1.